The number of hydrogen-bond donors (Lipinski definition) is 0. The molecule has 0 radical (unpaired) electrons. The summed E-state index contributed by atoms with van der Waals surface area (Å²) in [5.74, 6) is 0.648. The average molecular weight is 443 g/mol. The highest BCUT2D eigenvalue weighted by atomic mass is 31.1. The molecule has 0 N–H and O–H groups in total. The Hall–Kier alpha value is -1.91. The van der Waals surface area contributed by atoms with Crippen molar-refractivity contribution in [1.82, 2.24) is 0 Å². The van der Waals surface area contributed by atoms with Crippen molar-refractivity contribution in [3.63, 3.8) is 0 Å². The van der Waals surface area contributed by atoms with Crippen LogP contribution in [0, 0.1) is 0 Å². The van der Waals surface area contributed by atoms with Gasteiger partial charge in [0.2, 0.25) is 0 Å². The van der Waals surface area contributed by atoms with Gasteiger partial charge in [-0.2, -0.15) is 0 Å². The minimum atomic E-state index is -0.0926. The molecule has 4 rings (SSSR count). The monoisotopic (exact) mass is 442 g/mol. The molecule has 1 heteroatoms. The maximum atomic E-state index is 2.40. The van der Waals surface area contributed by atoms with E-state index in [9.17, 15) is 0 Å². The van der Waals surface area contributed by atoms with Gasteiger partial charge in [0, 0.05) is 11.3 Å². The SMILES string of the molecule is CCCCCCCCP1C(c2ccccc2)CC(c2ccccc2)CC1c1ccccc1. The molecule has 0 nitrogen and oxygen atoms in total. The van der Waals surface area contributed by atoms with Gasteiger partial charge in [0.1, 0.15) is 0 Å². The van der Waals surface area contributed by atoms with Crippen LogP contribution in [0.4, 0.5) is 0 Å². The summed E-state index contributed by atoms with van der Waals surface area (Å²) in [4.78, 5) is 0. The van der Waals surface area contributed by atoms with Crippen LogP contribution in [0.1, 0.15) is 92.2 Å². The van der Waals surface area contributed by atoms with Crippen LogP contribution < -0.4 is 0 Å². The van der Waals surface area contributed by atoms with Crippen molar-refractivity contribution in [2.75, 3.05) is 6.16 Å². The molecule has 0 bridgehead atoms. The summed E-state index contributed by atoms with van der Waals surface area (Å²) < 4.78 is 0. The molecule has 2 unspecified atom stereocenters. The van der Waals surface area contributed by atoms with Gasteiger partial charge in [0.05, 0.1) is 0 Å². The molecular formula is C31H39P. The van der Waals surface area contributed by atoms with Crippen LogP contribution in [0.25, 0.3) is 0 Å². The van der Waals surface area contributed by atoms with E-state index in [-0.39, 0.29) is 7.92 Å². The molecule has 0 amide bonds. The Morgan fingerprint density at radius 1 is 0.562 bits per heavy atom. The first kappa shape index (κ1) is 23.3. The van der Waals surface area contributed by atoms with Crippen LogP contribution in [0.15, 0.2) is 91.0 Å². The molecule has 0 spiro atoms. The Balaban J connectivity index is 1.61. The molecule has 1 heterocycles. The van der Waals surface area contributed by atoms with Gasteiger partial charge in [0.25, 0.3) is 0 Å². The second kappa shape index (κ2) is 12.4. The van der Waals surface area contributed by atoms with E-state index in [1.54, 1.807) is 11.1 Å². The van der Waals surface area contributed by atoms with Crippen molar-refractivity contribution in [2.24, 2.45) is 0 Å². The van der Waals surface area contributed by atoms with E-state index in [2.05, 4.69) is 97.9 Å². The quantitative estimate of drug-likeness (QED) is 0.216. The lowest BCUT2D eigenvalue weighted by Gasteiger charge is -2.44. The molecule has 32 heavy (non-hydrogen) atoms. The third-order valence-electron chi connectivity index (χ3n) is 7.23. The Labute approximate surface area is 197 Å². The zero-order valence-corrected chi connectivity index (χ0v) is 20.6. The van der Waals surface area contributed by atoms with E-state index >= 15 is 0 Å². The summed E-state index contributed by atoms with van der Waals surface area (Å²) in [6, 6.07) is 34.2. The molecule has 3 aromatic carbocycles. The van der Waals surface area contributed by atoms with Gasteiger partial charge in [-0.1, -0.05) is 138 Å². The first-order valence-electron chi connectivity index (χ1n) is 12.8. The van der Waals surface area contributed by atoms with Crippen LogP contribution in [-0.2, 0) is 0 Å². The highest BCUT2D eigenvalue weighted by Crippen LogP contribution is 2.70. The zero-order chi connectivity index (χ0) is 22.0. The van der Waals surface area contributed by atoms with Crippen LogP contribution in [0.5, 0.6) is 0 Å². The third kappa shape index (κ3) is 6.11. The molecule has 1 fully saturated rings. The predicted octanol–water partition coefficient (Wildman–Crippen LogP) is 9.89. The first-order valence-corrected chi connectivity index (χ1v) is 14.4. The van der Waals surface area contributed by atoms with Crippen LogP contribution in [0.2, 0.25) is 0 Å². The molecule has 3 aromatic rings. The normalized spacial score (nSPS) is 23.2. The Morgan fingerprint density at radius 2 is 1.00 bits per heavy atom. The van der Waals surface area contributed by atoms with Crippen molar-refractivity contribution >= 4 is 7.92 Å². The van der Waals surface area contributed by atoms with E-state index in [0.29, 0.717) is 17.2 Å². The minimum absolute atomic E-state index is 0.0926. The Morgan fingerprint density at radius 3 is 1.50 bits per heavy atom. The number of benzene rings is 3. The van der Waals surface area contributed by atoms with Crippen molar-refractivity contribution < 1.29 is 0 Å². The molecule has 0 aromatic heterocycles. The standard InChI is InChI=1S/C31H39P/c1-2-3-4-5-6-16-23-32-30(27-19-12-8-13-20-27)24-29(26-17-10-7-11-18-26)25-31(32)28-21-14-9-15-22-28/h7-15,17-22,29-31H,2-6,16,23-25H2,1H3. The fourth-order valence-corrected chi connectivity index (χ4v) is 9.32. The maximum Gasteiger partial charge on any atom is 0.00531 e. The van der Waals surface area contributed by atoms with Gasteiger partial charge in [-0.15, -0.1) is 0 Å². The summed E-state index contributed by atoms with van der Waals surface area (Å²) in [6.07, 6.45) is 12.4. The third-order valence-corrected chi connectivity index (χ3v) is 10.7. The van der Waals surface area contributed by atoms with Gasteiger partial charge in [-0.3, -0.25) is 0 Å². The molecule has 0 aliphatic carbocycles. The maximum absolute atomic E-state index is 2.40. The van der Waals surface area contributed by atoms with Crippen LogP contribution in [-0.4, -0.2) is 6.16 Å². The topological polar surface area (TPSA) is 0 Å². The van der Waals surface area contributed by atoms with Crippen molar-refractivity contribution in [3.05, 3.63) is 108 Å². The van der Waals surface area contributed by atoms with Gasteiger partial charge in [-0.25, -0.2) is 0 Å². The largest absolute Gasteiger partial charge is 0.0913 e. The fraction of sp³-hybridized carbons (Fsp3) is 0.419. The van der Waals surface area contributed by atoms with Crippen LogP contribution in [0.3, 0.4) is 0 Å². The summed E-state index contributed by atoms with van der Waals surface area (Å²) in [7, 11) is -0.0926. The molecule has 168 valence electrons. The van der Waals surface area contributed by atoms with E-state index in [1.165, 1.54) is 63.1 Å². The highest BCUT2D eigenvalue weighted by Gasteiger charge is 2.38. The Bertz CT molecular complexity index is 840. The lowest BCUT2D eigenvalue weighted by Crippen LogP contribution is -2.19. The second-order valence-electron chi connectivity index (χ2n) is 9.44. The Kier molecular flexibility index (Phi) is 8.98. The van der Waals surface area contributed by atoms with E-state index in [0.717, 1.165) is 0 Å². The van der Waals surface area contributed by atoms with E-state index in [4.69, 9.17) is 0 Å². The molecule has 1 aliphatic heterocycles. The number of hydrogen-bond acceptors (Lipinski definition) is 0. The summed E-state index contributed by atoms with van der Waals surface area (Å²) >= 11 is 0. The first-order chi connectivity index (χ1) is 15.9. The fourth-order valence-electron chi connectivity index (χ4n) is 5.51. The van der Waals surface area contributed by atoms with Crippen LogP contribution >= 0.6 is 7.92 Å². The predicted molar refractivity (Wildman–Crippen MR) is 142 cm³/mol. The zero-order valence-electron chi connectivity index (χ0n) is 19.7. The van der Waals surface area contributed by atoms with Gasteiger partial charge >= 0.3 is 0 Å². The second-order valence-corrected chi connectivity index (χ2v) is 12.2. The molecule has 1 saturated heterocycles. The number of rotatable bonds is 10. The van der Waals surface area contributed by atoms with Gasteiger partial charge in [-0.05, 0) is 48.0 Å². The van der Waals surface area contributed by atoms with Crippen molar-refractivity contribution in [3.8, 4) is 0 Å². The summed E-state index contributed by atoms with van der Waals surface area (Å²) in [5, 5.41) is 0. The van der Waals surface area contributed by atoms with E-state index < -0.39 is 0 Å². The highest BCUT2D eigenvalue weighted by molar-refractivity contribution is 7.58. The van der Waals surface area contributed by atoms with E-state index in [1.807, 2.05) is 0 Å². The molecule has 0 saturated carbocycles. The summed E-state index contributed by atoms with van der Waals surface area (Å²) in [6.45, 7) is 2.31. The molecular weight excluding hydrogens is 403 g/mol. The minimum Gasteiger partial charge on any atom is -0.0913 e. The lowest BCUT2D eigenvalue weighted by atomic mass is 9.86. The van der Waals surface area contributed by atoms with Gasteiger partial charge in [0.15, 0.2) is 0 Å². The van der Waals surface area contributed by atoms with Crippen molar-refractivity contribution in [1.29, 1.82) is 0 Å². The van der Waals surface area contributed by atoms with Crippen molar-refractivity contribution in [2.45, 2.75) is 75.5 Å². The van der Waals surface area contributed by atoms with Gasteiger partial charge < -0.3 is 0 Å². The smallest absolute Gasteiger partial charge is 0.00531 e. The summed E-state index contributed by atoms with van der Waals surface area (Å²) in [5.41, 5.74) is 6.08. The molecule has 1 aliphatic rings. The number of unbranched alkanes of at least 4 members (excludes halogenated alkanes) is 5. The molecule has 2 atom stereocenters. The lowest BCUT2D eigenvalue weighted by molar-refractivity contribution is 0.524. The average Bonchev–Trinajstić information content (AvgIpc) is 2.87.